The zero-order valence-corrected chi connectivity index (χ0v) is 17.7. The largest absolute Gasteiger partial charge is 0.208 e. The molecule has 1 heterocycles. The molecule has 0 radical (unpaired) electrons. The van der Waals surface area contributed by atoms with E-state index in [9.17, 15) is 0 Å². The molecule has 0 N–H and O–H groups in total. The molecule has 4 aromatic rings. The quantitative estimate of drug-likeness (QED) is 0.382. The van der Waals surface area contributed by atoms with E-state index < -0.39 is 0 Å². The summed E-state index contributed by atoms with van der Waals surface area (Å²) in [5, 5.41) is 0.687. The van der Waals surface area contributed by atoms with Crippen LogP contribution in [0.15, 0.2) is 60.7 Å². The van der Waals surface area contributed by atoms with Crippen LogP contribution in [-0.4, -0.2) is 15.0 Å². The Hall–Kier alpha value is -3.04. The van der Waals surface area contributed by atoms with Crippen LogP contribution in [0.1, 0.15) is 22.3 Å². The summed E-state index contributed by atoms with van der Waals surface area (Å²) >= 11 is 6.07. The molecule has 0 amide bonds. The fourth-order valence-corrected chi connectivity index (χ4v) is 3.70. The molecule has 0 saturated heterocycles. The highest BCUT2D eigenvalue weighted by atomic mass is 35.5. The van der Waals surface area contributed by atoms with Gasteiger partial charge in [-0.15, -0.1) is 0 Å². The van der Waals surface area contributed by atoms with Crippen LogP contribution in [-0.2, 0) is 0 Å². The highest BCUT2D eigenvalue weighted by molar-refractivity contribution is 6.30. The minimum Gasteiger partial charge on any atom is -0.208 e. The van der Waals surface area contributed by atoms with Crippen LogP contribution < -0.4 is 0 Å². The first-order valence-electron chi connectivity index (χ1n) is 9.57. The average Bonchev–Trinajstić information content (AvgIpc) is 2.67. The van der Waals surface area contributed by atoms with Crippen LogP contribution in [0.3, 0.4) is 0 Å². The van der Waals surface area contributed by atoms with Crippen LogP contribution >= 0.6 is 11.6 Å². The number of hydrogen-bond acceptors (Lipinski definition) is 3. The van der Waals surface area contributed by atoms with Crippen molar-refractivity contribution < 1.29 is 0 Å². The Kier molecular flexibility index (Phi) is 5.16. The van der Waals surface area contributed by atoms with E-state index in [0.29, 0.717) is 22.5 Å². The Bertz CT molecular complexity index is 1090. The van der Waals surface area contributed by atoms with Gasteiger partial charge >= 0.3 is 0 Å². The first kappa shape index (κ1) is 19.3. The van der Waals surface area contributed by atoms with Gasteiger partial charge in [0.1, 0.15) is 0 Å². The smallest absolute Gasteiger partial charge is 0.164 e. The van der Waals surface area contributed by atoms with Crippen LogP contribution in [0, 0.1) is 27.7 Å². The molecule has 0 aliphatic carbocycles. The van der Waals surface area contributed by atoms with Gasteiger partial charge in [0.25, 0.3) is 0 Å². The predicted octanol–water partition coefficient (Wildman–Crippen LogP) is 6.76. The maximum Gasteiger partial charge on any atom is 0.164 e. The van der Waals surface area contributed by atoms with Crippen molar-refractivity contribution in [3.63, 3.8) is 0 Å². The average molecular weight is 400 g/mol. The van der Waals surface area contributed by atoms with Gasteiger partial charge in [0.05, 0.1) is 0 Å². The first-order chi connectivity index (χ1) is 13.9. The van der Waals surface area contributed by atoms with E-state index >= 15 is 0 Å². The summed E-state index contributed by atoms with van der Waals surface area (Å²) in [4.78, 5) is 14.4. The fraction of sp³-hybridized carbons (Fsp3) is 0.160. The number of hydrogen-bond donors (Lipinski definition) is 0. The maximum atomic E-state index is 6.07. The van der Waals surface area contributed by atoms with Gasteiger partial charge in [-0.3, -0.25) is 0 Å². The molecule has 0 aliphatic rings. The lowest BCUT2D eigenvalue weighted by atomic mass is 10.1. The lowest BCUT2D eigenvalue weighted by Crippen LogP contribution is -2.01. The van der Waals surface area contributed by atoms with Gasteiger partial charge in [-0.1, -0.05) is 46.0 Å². The first-order valence-corrected chi connectivity index (χ1v) is 9.94. The van der Waals surface area contributed by atoms with Crippen molar-refractivity contribution >= 4 is 11.6 Å². The summed E-state index contributed by atoms with van der Waals surface area (Å²) < 4.78 is 0. The number of aryl methyl sites for hydroxylation is 4. The van der Waals surface area contributed by atoms with Crippen molar-refractivity contribution in [1.29, 1.82) is 0 Å². The zero-order valence-electron chi connectivity index (χ0n) is 17.0. The summed E-state index contributed by atoms with van der Waals surface area (Å²) in [6.07, 6.45) is 0. The van der Waals surface area contributed by atoms with Crippen LogP contribution in [0.5, 0.6) is 0 Å². The summed E-state index contributed by atoms with van der Waals surface area (Å²) in [7, 11) is 0. The van der Waals surface area contributed by atoms with E-state index in [4.69, 9.17) is 26.6 Å². The summed E-state index contributed by atoms with van der Waals surface area (Å²) in [6, 6.07) is 20.3. The van der Waals surface area contributed by atoms with E-state index in [1.165, 1.54) is 22.3 Å². The van der Waals surface area contributed by atoms with Crippen LogP contribution in [0.25, 0.3) is 34.2 Å². The molecule has 0 bridgehead atoms. The van der Waals surface area contributed by atoms with Gasteiger partial charge < -0.3 is 0 Å². The van der Waals surface area contributed by atoms with Gasteiger partial charge in [-0.25, -0.2) is 15.0 Å². The van der Waals surface area contributed by atoms with E-state index in [2.05, 4.69) is 64.1 Å². The Labute approximate surface area is 176 Å². The second kappa shape index (κ2) is 7.76. The number of aromatic nitrogens is 3. The Morgan fingerprint density at radius 3 is 1.21 bits per heavy atom. The lowest BCUT2D eigenvalue weighted by molar-refractivity contribution is 1.07. The molecule has 29 heavy (non-hydrogen) atoms. The van der Waals surface area contributed by atoms with Gasteiger partial charge in [0.15, 0.2) is 17.5 Å². The van der Waals surface area contributed by atoms with E-state index in [1.54, 1.807) is 0 Å². The minimum atomic E-state index is 0.639. The van der Waals surface area contributed by atoms with Crippen molar-refractivity contribution in [3.8, 4) is 34.2 Å². The summed E-state index contributed by atoms with van der Waals surface area (Å²) in [5.74, 6) is 1.98. The lowest BCUT2D eigenvalue weighted by Gasteiger charge is -2.10. The number of halogens is 1. The molecular weight excluding hydrogens is 378 g/mol. The molecule has 0 unspecified atom stereocenters. The second-order valence-corrected chi connectivity index (χ2v) is 8.00. The molecule has 3 aromatic carbocycles. The van der Waals surface area contributed by atoms with Crippen molar-refractivity contribution in [3.05, 3.63) is 87.9 Å². The highest BCUT2D eigenvalue weighted by Gasteiger charge is 2.13. The predicted molar refractivity (Wildman–Crippen MR) is 120 cm³/mol. The SMILES string of the molecule is Cc1cc(C)cc(-c2nc(-c3ccc(Cl)cc3)nc(-c3cc(C)cc(C)c3)n2)c1. The van der Waals surface area contributed by atoms with Gasteiger partial charge in [0.2, 0.25) is 0 Å². The van der Waals surface area contributed by atoms with Crippen molar-refractivity contribution in [2.24, 2.45) is 0 Å². The molecule has 0 fully saturated rings. The van der Waals surface area contributed by atoms with Gasteiger partial charge in [-0.05, 0) is 76.2 Å². The monoisotopic (exact) mass is 399 g/mol. The molecule has 4 rings (SSSR count). The highest BCUT2D eigenvalue weighted by Crippen LogP contribution is 2.27. The van der Waals surface area contributed by atoms with Gasteiger partial charge in [0, 0.05) is 21.7 Å². The third-order valence-corrected chi connectivity index (χ3v) is 4.95. The fourth-order valence-electron chi connectivity index (χ4n) is 3.57. The van der Waals surface area contributed by atoms with Crippen LogP contribution in [0.2, 0.25) is 5.02 Å². The Balaban J connectivity index is 1.95. The molecule has 0 spiro atoms. The molecular formula is C25H22ClN3. The Morgan fingerprint density at radius 2 is 0.828 bits per heavy atom. The van der Waals surface area contributed by atoms with Crippen molar-refractivity contribution in [2.45, 2.75) is 27.7 Å². The van der Waals surface area contributed by atoms with Crippen molar-refractivity contribution in [1.82, 2.24) is 15.0 Å². The van der Waals surface area contributed by atoms with E-state index in [0.717, 1.165) is 16.7 Å². The maximum absolute atomic E-state index is 6.07. The van der Waals surface area contributed by atoms with Crippen molar-refractivity contribution in [2.75, 3.05) is 0 Å². The zero-order chi connectivity index (χ0) is 20.5. The molecule has 0 saturated carbocycles. The molecule has 3 nitrogen and oxygen atoms in total. The van der Waals surface area contributed by atoms with Gasteiger partial charge in [-0.2, -0.15) is 0 Å². The topological polar surface area (TPSA) is 38.7 Å². The van der Waals surface area contributed by atoms with Crippen LogP contribution in [0.4, 0.5) is 0 Å². The number of benzene rings is 3. The van der Waals surface area contributed by atoms with E-state index in [1.807, 2.05) is 24.3 Å². The summed E-state index contributed by atoms with van der Waals surface area (Å²) in [5.41, 5.74) is 7.62. The third kappa shape index (κ3) is 4.36. The van der Waals surface area contributed by atoms with E-state index in [-0.39, 0.29) is 0 Å². The second-order valence-electron chi connectivity index (χ2n) is 7.57. The third-order valence-electron chi connectivity index (χ3n) is 4.70. The molecule has 144 valence electrons. The molecule has 1 aromatic heterocycles. The normalized spacial score (nSPS) is 10.9. The summed E-state index contributed by atoms with van der Waals surface area (Å²) in [6.45, 7) is 8.34. The minimum absolute atomic E-state index is 0.639. The Morgan fingerprint density at radius 1 is 0.483 bits per heavy atom. The molecule has 0 aliphatic heterocycles. The number of rotatable bonds is 3. The standard InChI is InChI=1S/C25H22ClN3/c1-15-9-16(2)12-20(11-15)24-27-23(19-5-7-22(26)8-6-19)28-25(29-24)21-13-17(3)10-18(4)14-21/h5-14H,1-4H3. The number of nitrogens with zero attached hydrogens (tertiary/aromatic N) is 3. The molecule has 0 atom stereocenters. The molecule has 4 heteroatoms.